The molecule has 2 rings (SSSR count). The minimum Gasteiger partial charge on any atom is -0.497 e. The SMILES string of the molecule is CCCCCCOS(=O)(=O)c1ccc(OC)cc1N(c1ccc(OC)cc1)[SH](=O)=O. The fourth-order valence-electron chi connectivity index (χ4n) is 2.81. The van der Waals surface area contributed by atoms with Gasteiger partial charge in [0.25, 0.3) is 10.1 Å². The van der Waals surface area contributed by atoms with Gasteiger partial charge in [-0.3, -0.25) is 4.18 Å². The molecule has 0 spiro atoms. The Morgan fingerprint density at radius 2 is 1.53 bits per heavy atom. The number of benzene rings is 2. The van der Waals surface area contributed by atoms with Crippen molar-refractivity contribution in [2.45, 2.75) is 37.5 Å². The number of unbranched alkanes of at least 4 members (excludes halogenated alkanes) is 3. The third kappa shape index (κ3) is 6.10. The van der Waals surface area contributed by atoms with Crippen molar-refractivity contribution < 1.29 is 30.5 Å². The Bertz CT molecular complexity index is 994. The highest BCUT2D eigenvalue weighted by molar-refractivity contribution is 7.87. The number of anilines is 2. The Kier molecular flexibility index (Phi) is 8.94. The van der Waals surface area contributed by atoms with Gasteiger partial charge in [0.05, 0.1) is 32.2 Å². The van der Waals surface area contributed by atoms with Crippen molar-refractivity contribution in [3.8, 4) is 11.5 Å². The minimum atomic E-state index is -4.19. The van der Waals surface area contributed by atoms with Crippen LogP contribution in [-0.4, -0.2) is 37.7 Å². The third-order valence-electron chi connectivity index (χ3n) is 4.38. The molecule has 0 aromatic heterocycles. The highest BCUT2D eigenvalue weighted by Crippen LogP contribution is 2.36. The van der Waals surface area contributed by atoms with Gasteiger partial charge in [0.1, 0.15) is 16.4 Å². The van der Waals surface area contributed by atoms with E-state index in [0.29, 0.717) is 17.9 Å². The summed E-state index contributed by atoms with van der Waals surface area (Å²) in [6, 6.07) is 10.3. The van der Waals surface area contributed by atoms with Gasteiger partial charge in [-0.15, -0.1) is 0 Å². The first-order chi connectivity index (χ1) is 14.3. The van der Waals surface area contributed by atoms with E-state index in [1.54, 1.807) is 12.1 Å². The van der Waals surface area contributed by atoms with Gasteiger partial charge in [0.15, 0.2) is 0 Å². The fraction of sp³-hybridized carbons (Fsp3) is 0.400. The maximum absolute atomic E-state index is 12.8. The van der Waals surface area contributed by atoms with Gasteiger partial charge in [-0.1, -0.05) is 26.2 Å². The van der Waals surface area contributed by atoms with Crippen LogP contribution in [-0.2, 0) is 25.2 Å². The Morgan fingerprint density at radius 1 is 0.900 bits per heavy atom. The van der Waals surface area contributed by atoms with Crippen molar-refractivity contribution in [3.63, 3.8) is 0 Å². The van der Waals surface area contributed by atoms with E-state index in [-0.39, 0.29) is 22.9 Å². The molecule has 10 heteroatoms. The molecule has 0 amide bonds. The van der Waals surface area contributed by atoms with Crippen LogP contribution in [0, 0.1) is 0 Å². The van der Waals surface area contributed by atoms with Crippen LogP contribution in [0.5, 0.6) is 11.5 Å². The molecule has 0 N–H and O–H groups in total. The molecule has 8 nitrogen and oxygen atoms in total. The quantitative estimate of drug-likeness (QED) is 0.295. The molecule has 0 heterocycles. The maximum Gasteiger partial charge on any atom is 0.299 e. The second-order valence-electron chi connectivity index (χ2n) is 6.42. The second kappa shape index (κ2) is 11.2. The number of nitrogens with zero attached hydrogens (tertiary/aromatic N) is 1. The lowest BCUT2D eigenvalue weighted by Crippen LogP contribution is -2.19. The van der Waals surface area contributed by atoms with Gasteiger partial charge in [-0.05, 0) is 42.8 Å². The van der Waals surface area contributed by atoms with E-state index in [1.165, 1.54) is 44.6 Å². The average Bonchev–Trinajstić information content (AvgIpc) is 2.73. The molecular weight excluding hydrogens is 430 g/mol. The van der Waals surface area contributed by atoms with Crippen LogP contribution in [0.1, 0.15) is 32.6 Å². The third-order valence-corrected chi connectivity index (χ3v) is 6.51. The molecule has 0 saturated heterocycles. The molecule has 166 valence electrons. The number of methoxy groups -OCH3 is 2. The number of thiol groups is 1. The van der Waals surface area contributed by atoms with Crippen LogP contribution in [0.2, 0.25) is 0 Å². The molecular formula is C20H27NO7S2. The fourth-order valence-corrected chi connectivity index (χ4v) is 4.64. The zero-order chi connectivity index (χ0) is 22.1. The summed E-state index contributed by atoms with van der Waals surface area (Å²) >= 11 is 0. The van der Waals surface area contributed by atoms with Crippen molar-refractivity contribution in [2.75, 3.05) is 25.1 Å². The van der Waals surface area contributed by atoms with E-state index in [0.717, 1.165) is 23.6 Å². The van der Waals surface area contributed by atoms with Crippen LogP contribution in [0.4, 0.5) is 11.4 Å². The topological polar surface area (TPSA) is 99.2 Å². The van der Waals surface area contributed by atoms with Gasteiger partial charge in [0, 0.05) is 6.07 Å². The molecule has 2 aromatic carbocycles. The summed E-state index contributed by atoms with van der Waals surface area (Å²) in [5.74, 6) is 0.844. The summed E-state index contributed by atoms with van der Waals surface area (Å²) in [7, 11) is -4.51. The van der Waals surface area contributed by atoms with Crippen LogP contribution in [0.15, 0.2) is 47.4 Å². The summed E-state index contributed by atoms with van der Waals surface area (Å²) < 4.78 is 66.3. The van der Waals surface area contributed by atoms with E-state index in [2.05, 4.69) is 6.92 Å². The minimum absolute atomic E-state index is 0.0276. The predicted molar refractivity (Wildman–Crippen MR) is 116 cm³/mol. The number of hydrogen-bond donors (Lipinski definition) is 1. The second-order valence-corrected chi connectivity index (χ2v) is 8.88. The zero-order valence-corrected chi connectivity index (χ0v) is 18.9. The van der Waals surface area contributed by atoms with Crippen molar-refractivity contribution in [3.05, 3.63) is 42.5 Å². The Labute approximate surface area is 179 Å². The smallest absolute Gasteiger partial charge is 0.299 e. The average molecular weight is 458 g/mol. The number of rotatable bonds is 12. The lowest BCUT2D eigenvalue weighted by molar-refractivity contribution is 0.307. The van der Waals surface area contributed by atoms with Crippen molar-refractivity contribution in [2.24, 2.45) is 0 Å². The molecule has 0 radical (unpaired) electrons. The van der Waals surface area contributed by atoms with Gasteiger partial charge in [-0.25, -0.2) is 12.7 Å². The molecule has 0 atom stereocenters. The van der Waals surface area contributed by atoms with Crippen molar-refractivity contribution >= 4 is 32.4 Å². The van der Waals surface area contributed by atoms with Crippen LogP contribution in [0.25, 0.3) is 0 Å². The summed E-state index contributed by atoms with van der Waals surface area (Å²) in [6.45, 7) is 2.08. The molecule has 0 aliphatic rings. The Hall–Kier alpha value is -2.30. The zero-order valence-electron chi connectivity index (χ0n) is 17.2. The normalized spacial score (nSPS) is 11.5. The molecule has 0 aliphatic carbocycles. The molecule has 0 aliphatic heterocycles. The number of hydrogen-bond acceptors (Lipinski definition) is 7. The molecule has 30 heavy (non-hydrogen) atoms. The first-order valence-electron chi connectivity index (χ1n) is 9.50. The molecule has 0 saturated carbocycles. The van der Waals surface area contributed by atoms with Crippen molar-refractivity contribution in [1.82, 2.24) is 0 Å². The van der Waals surface area contributed by atoms with Gasteiger partial charge in [0.2, 0.25) is 10.9 Å². The maximum atomic E-state index is 12.8. The lowest BCUT2D eigenvalue weighted by Gasteiger charge is -2.21. The first-order valence-corrected chi connectivity index (χ1v) is 12.0. The molecule has 2 aromatic rings. The summed E-state index contributed by atoms with van der Waals surface area (Å²) in [4.78, 5) is -0.256. The van der Waals surface area contributed by atoms with Crippen LogP contribution in [0.3, 0.4) is 0 Å². The lowest BCUT2D eigenvalue weighted by atomic mass is 10.2. The standard InChI is InChI=1S/C20H27NO7S2/c1-4-5-6-7-14-28-30(24,25)20-13-12-18(27-3)15-19(20)21(29(22)23)16-8-10-17(26-2)11-9-16/h8-13,15,29H,4-7,14H2,1-3H3. The Morgan fingerprint density at radius 3 is 2.10 bits per heavy atom. The molecule has 0 fully saturated rings. The molecule has 0 unspecified atom stereocenters. The first kappa shape index (κ1) is 24.0. The number of ether oxygens (including phenoxy) is 2. The summed E-state index contributed by atoms with van der Waals surface area (Å²) in [6.07, 6.45) is 3.45. The summed E-state index contributed by atoms with van der Waals surface area (Å²) in [5.41, 5.74) is 0.170. The van der Waals surface area contributed by atoms with E-state index < -0.39 is 21.0 Å². The van der Waals surface area contributed by atoms with Gasteiger partial charge >= 0.3 is 0 Å². The highest BCUT2D eigenvalue weighted by atomic mass is 32.2. The summed E-state index contributed by atoms with van der Waals surface area (Å²) in [5, 5.41) is 0. The largest absolute Gasteiger partial charge is 0.497 e. The van der Waals surface area contributed by atoms with E-state index in [9.17, 15) is 16.8 Å². The van der Waals surface area contributed by atoms with E-state index >= 15 is 0 Å². The van der Waals surface area contributed by atoms with E-state index in [1.807, 2.05) is 0 Å². The van der Waals surface area contributed by atoms with Crippen LogP contribution >= 0.6 is 0 Å². The monoisotopic (exact) mass is 457 g/mol. The van der Waals surface area contributed by atoms with Gasteiger partial charge < -0.3 is 9.47 Å². The van der Waals surface area contributed by atoms with E-state index in [4.69, 9.17) is 13.7 Å². The van der Waals surface area contributed by atoms with Gasteiger partial charge in [-0.2, -0.15) is 8.42 Å². The van der Waals surface area contributed by atoms with Crippen molar-refractivity contribution in [1.29, 1.82) is 0 Å². The Balaban J connectivity index is 2.47. The predicted octanol–water partition coefficient (Wildman–Crippen LogP) is 3.65. The molecule has 0 bridgehead atoms. The van der Waals surface area contributed by atoms with Crippen LogP contribution < -0.4 is 13.8 Å². The highest BCUT2D eigenvalue weighted by Gasteiger charge is 2.26.